The molecule has 2 N–H and O–H groups in total. The number of benzene rings is 2. The molecule has 4 atom stereocenters. The molecule has 0 spiro atoms. The minimum Gasteiger partial charge on any atom is -0.481 e. The number of aliphatic carboxylic acids is 1. The van der Waals surface area contributed by atoms with Gasteiger partial charge in [-0.25, -0.2) is 4.98 Å². The summed E-state index contributed by atoms with van der Waals surface area (Å²) < 4.78 is 1.04. The summed E-state index contributed by atoms with van der Waals surface area (Å²) in [6.45, 7) is 6.19. The van der Waals surface area contributed by atoms with Gasteiger partial charge in [0.2, 0.25) is 0 Å². The van der Waals surface area contributed by atoms with Crippen LogP contribution < -0.4 is 5.32 Å². The predicted octanol–water partition coefficient (Wildman–Crippen LogP) is 5.54. The van der Waals surface area contributed by atoms with Crippen molar-refractivity contribution in [3.05, 3.63) is 63.2 Å². The van der Waals surface area contributed by atoms with Crippen molar-refractivity contribution in [1.82, 2.24) is 10.3 Å². The van der Waals surface area contributed by atoms with Crippen LogP contribution >= 0.6 is 22.6 Å². The van der Waals surface area contributed by atoms with Crippen molar-refractivity contribution in [3.63, 3.8) is 0 Å². The number of nitrogens with one attached hydrogen (secondary N) is 1. The Labute approximate surface area is 207 Å². The quantitative estimate of drug-likeness (QED) is 0.416. The Morgan fingerprint density at radius 1 is 1.06 bits per heavy atom. The summed E-state index contributed by atoms with van der Waals surface area (Å²) in [5.74, 6) is -0.737. The van der Waals surface area contributed by atoms with Gasteiger partial charge in [0.1, 0.15) is 0 Å². The van der Waals surface area contributed by atoms with Crippen molar-refractivity contribution in [2.24, 2.45) is 29.6 Å². The lowest BCUT2D eigenvalue weighted by Crippen LogP contribution is -2.68. The molecule has 4 unspecified atom stereocenters. The number of rotatable bonds is 4. The molecule has 170 valence electrons. The van der Waals surface area contributed by atoms with Gasteiger partial charge in [-0.3, -0.25) is 9.59 Å². The summed E-state index contributed by atoms with van der Waals surface area (Å²) in [7, 11) is 0. The van der Waals surface area contributed by atoms with Crippen molar-refractivity contribution in [2.75, 3.05) is 0 Å². The molecule has 2 aliphatic rings. The Bertz CT molecular complexity index is 1240. The lowest BCUT2D eigenvalue weighted by Gasteiger charge is -2.60. The Morgan fingerprint density at radius 2 is 1.73 bits per heavy atom. The fourth-order valence-corrected chi connectivity index (χ4v) is 6.87. The van der Waals surface area contributed by atoms with Crippen molar-refractivity contribution in [3.8, 4) is 11.3 Å². The highest BCUT2D eigenvalue weighted by Gasteiger charge is 2.61. The van der Waals surface area contributed by atoms with Gasteiger partial charge in [-0.05, 0) is 83.4 Å². The molecule has 1 amide bonds. The number of carbonyl (C=O) groups is 2. The number of carboxylic acid groups (broad SMARTS) is 1. The van der Waals surface area contributed by atoms with Gasteiger partial charge in [0, 0.05) is 20.6 Å². The average molecular weight is 554 g/mol. The zero-order valence-electron chi connectivity index (χ0n) is 18.9. The number of halogens is 1. The van der Waals surface area contributed by atoms with E-state index in [-0.39, 0.29) is 41.5 Å². The second-order valence-electron chi connectivity index (χ2n) is 9.70. The highest BCUT2D eigenvalue weighted by molar-refractivity contribution is 14.1. The molecular formula is C27H27IN2O3. The maximum absolute atomic E-state index is 13.8. The van der Waals surface area contributed by atoms with Crippen LogP contribution in [0.25, 0.3) is 22.2 Å². The lowest BCUT2D eigenvalue weighted by atomic mass is 9.47. The zero-order chi connectivity index (χ0) is 23.4. The van der Waals surface area contributed by atoms with E-state index in [4.69, 9.17) is 4.98 Å². The van der Waals surface area contributed by atoms with E-state index < -0.39 is 5.97 Å². The standard InChI is InChI=1S/C27H27IN2O3/c1-13-11-14(2)21-23(27(32)33)20(13)25(21)30-26(31)22-15(3)24(16-7-5-4-6-8-16)29-19-10-9-17(28)12-18(19)22/h4-10,12-14,20-21,23,25H,11H2,1-3H3,(H,30,31)(H,32,33). The molecule has 5 nitrogen and oxygen atoms in total. The van der Waals surface area contributed by atoms with E-state index in [1.54, 1.807) is 0 Å². The van der Waals surface area contributed by atoms with E-state index in [9.17, 15) is 14.7 Å². The van der Waals surface area contributed by atoms with Crippen LogP contribution in [0.3, 0.4) is 0 Å². The van der Waals surface area contributed by atoms with Crippen LogP contribution in [-0.2, 0) is 4.79 Å². The van der Waals surface area contributed by atoms with Gasteiger partial charge >= 0.3 is 5.97 Å². The molecule has 2 fully saturated rings. The number of nitrogens with zero attached hydrogens (tertiary/aromatic N) is 1. The summed E-state index contributed by atoms with van der Waals surface area (Å²) in [5.41, 5.74) is 4.03. The largest absolute Gasteiger partial charge is 0.481 e. The second kappa shape index (κ2) is 8.38. The molecule has 33 heavy (non-hydrogen) atoms. The Morgan fingerprint density at radius 3 is 2.36 bits per heavy atom. The third kappa shape index (κ3) is 3.63. The number of hydrogen-bond donors (Lipinski definition) is 2. The molecule has 0 aliphatic heterocycles. The van der Waals surface area contributed by atoms with E-state index in [0.717, 1.165) is 37.7 Å². The maximum Gasteiger partial charge on any atom is 0.307 e. The SMILES string of the molecule is Cc1c(-c2ccccc2)nc2ccc(I)cc2c1C(=O)NC1C2C(C)CC(C)C1C2C(=O)O. The minimum atomic E-state index is -0.736. The van der Waals surface area contributed by atoms with Gasteiger partial charge in [-0.1, -0.05) is 44.2 Å². The summed E-state index contributed by atoms with van der Waals surface area (Å²) >= 11 is 2.26. The first-order valence-corrected chi connectivity index (χ1v) is 12.5. The van der Waals surface area contributed by atoms with E-state index in [1.165, 1.54) is 0 Å². The van der Waals surface area contributed by atoms with Gasteiger partial charge in [-0.15, -0.1) is 0 Å². The number of pyridine rings is 1. The molecule has 3 aromatic rings. The molecule has 5 rings (SSSR count). The molecule has 2 aliphatic carbocycles. The van der Waals surface area contributed by atoms with Crippen LogP contribution in [0.1, 0.15) is 36.2 Å². The molecule has 0 radical (unpaired) electrons. The van der Waals surface area contributed by atoms with E-state index >= 15 is 0 Å². The molecular weight excluding hydrogens is 527 g/mol. The number of carboxylic acids is 1. The van der Waals surface area contributed by atoms with Gasteiger partial charge in [-0.2, -0.15) is 0 Å². The third-order valence-corrected chi connectivity index (χ3v) is 8.43. The van der Waals surface area contributed by atoms with Crippen molar-refractivity contribution < 1.29 is 14.7 Å². The fourth-order valence-electron chi connectivity index (χ4n) is 6.38. The Balaban J connectivity index is 1.58. The molecule has 1 heterocycles. The van der Waals surface area contributed by atoms with E-state index in [2.05, 4.69) is 41.8 Å². The normalized spacial score (nSPS) is 28.2. The first-order valence-electron chi connectivity index (χ1n) is 11.5. The minimum absolute atomic E-state index is 0.0187. The summed E-state index contributed by atoms with van der Waals surface area (Å²) in [4.78, 5) is 30.6. The third-order valence-electron chi connectivity index (χ3n) is 7.76. The summed E-state index contributed by atoms with van der Waals surface area (Å²) in [5, 5.41) is 13.9. The molecule has 0 saturated heterocycles. The lowest BCUT2D eigenvalue weighted by molar-refractivity contribution is -0.171. The highest BCUT2D eigenvalue weighted by atomic mass is 127. The van der Waals surface area contributed by atoms with E-state index in [0.29, 0.717) is 5.56 Å². The Hall–Kier alpha value is -2.48. The molecule has 2 bridgehead atoms. The highest BCUT2D eigenvalue weighted by Crippen LogP contribution is 2.56. The van der Waals surface area contributed by atoms with Crippen LogP contribution in [0.4, 0.5) is 0 Å². The van der Waals surface area contributed by atoms with Crippen molar-refractivity contribution >= 4 is 45.4 Å². The first kappa shape index (κ1) is 22.3. The summed E-state index contributed by atoms with van der Waals surface area (Å²) in [6.07, 6.45) is 1.01. The van der Waals surface area contributed by atoms with Crippen LogP contribution in [-0.4, -0.2) is 28.0 Å². The number of hydrogen-bond acceptors (Lipinski definition) is 3. The molecule has 2 aromatic carbocycles. The number of carbonyl (C=O) groups excluding carboxylic acids is 1. The number of fused-ring (bicyclic) bond motifs is 3. The predicted molar refractivity (Wildman–Crippen MR) is 137 cm³/mol. The first-order chi connectivity index (χ1) is 15.8. The molecule has 2 saturated carbocycles. The smallest absolute Gasteiger partial charge is 0.307 e. The number of aromatic nitrogens is 1. The van der Waals surface area contributed by atoms with Gasteiger partial charge in [0.05, 0.1) is 22.7 Å². The maximum atomic E-state index is 13.8. The number of amides is 1. The van der Waals surface area contributed by atoms with Gasteiger partial charge in [0.15, 0.2) is 0 Å². The topological polar surface area (TPSA) is 79.3 Å². The Kier molecular flexibility index (Phi) is 5.67. The zero-order valence-corrected chi connectivity index (χ0v) is 21.0. The van der Waals surface area contributed by atoms with Crippen LogP contribution in [0.2, 0.25) is 0 Å². The second-order valence-corrected chi connectivity index (χ2v) is 10.9. The molecule has 1 aromatic heterocycles. The van der Waals surface area contributed by atoms with Crippen LogP contribution in [0.15, 0.2) is 48.5 Å². The fraction of sp³-hybridized carbons (Fsp3) is 0.370. The monoisotopic (exact) mass is 554 g/mol. The van der Waals surface area contributed by atoms with Crippen LogP contribution in [0.5, 0.6) is 0 Å². The molecule has 6 heteroatoms. The van der Waals surface area contributed by atoms with Crippen LogP contribution in [0, 0.1) is 40.1 Å². The van der Waals surface area contributed by atoms with Crippen molar-refractivity contribution in [1.29, 1.82) is 0 Å². The van der Waals surface area contributed by atoms with Gasteiger partial charge < -0.3 is 10.4 Å². The van der Waals surface area contributed by atoms with E-state index in [1.807, 2.05) is 55.5 Å². The summed E-state index contributed by atoms with van der Waals surface area (Å²) in [6, 6.07) is 15.8. The van der Waals surface area contributed by atoms with Crippen molar-refractivity contribution in [2.45, 2.75) is 33.2 Å². The van der Waals surface area contributed by atoms with Gasteiger partial charge in [0.25, 0.3) is 5.91 Å². The average Bonchev–Trinajstić information content (AvgIpc) is 2.75.